The van der Waals surface area contributed by atoms with Crippen LogP contribution in [0.15, 0.2) is 18.6 Å². The topological polar surface area (TPSA) is 25.8 Å². The van der Waals surface area contributed by atoms with Gasteiger partial charge in [0.05, 0.1) is 0 Å². The molecule has 0 saturated heterocycles. The molecule has 2 nitrogen and oxygen atoms in total. The lowest BCUT2D eigenvalue weighted by molar-refractivity contribution is 1.01. The summed E-state index contributed by atoms with van der Waals surface area (Å²) < 4.78 is 0. The van der Waals surface area contributed by atoms with Crippen molar-refractivity contribution in [2.45, 2.75) is 13.3 Å². The van der Waals surface area contributed by atoms with Crippen molar-refractivity contribution in [1.82, 2.24) is 9.97 Å². The molecule has 0 atom stereocenters. The van der Waals surface area contributed by atoms with Gasteiger partial charge in [-0.25, -0.2) is 9.97 Å². The fourth-order valence-electron chi connectivity index (χ4n) is 0.648. The lowest BCUT2D eigenvalue weighted by atomic mass is 10.2. The maximum absolute atomic E-state index is 4.03. The molecule has 0 aliphatic rings. The van der Waals surface area contributed by atoms with Gasteiger partial charge in [0.2, 0.25) is 0 Å². The van der Waals surface area contributed by atoms with Crippen molar-refractivity contribution < 1.29 is 0 Å². The van der Waals surface area contributed by atoms with E-state index in [2.05, 4.69) is 16.4 Å². The van der Waals surface area contributed by atoms with Gasteiger partial charge in [-0.15, -0.1) is 6.42 Å². The summed E-state index contributed by atoms with van der Waals surface area (Å²) in [5.74, 6) is 0. The van der Waals surface area contributed by atoms with Crippen molar-refractivity contribution in [3.63, 3.8) is 0 Å². The summed E-state index contributed by atoms with van der Waals surface area (Å²) in [5, 5.41) is 0. The Kier molecular flexibility index (Phi) is 2.19. The highest BCUT2D eigenvalue weighted by molar-refractivity contribution is 4.99. The SMILES string of the molecule is C[CH-]Cc1ccncn1. The molecule has 0 unspecified atom stereocenters. The van der Waals surface area contributed by atoms with Gasteiger partial charge in [0.15, 0.2) is 0 Å². The molecule has 0 radical (unpaired) electrons. The highest BCUT2D eigenvalue weighted by atomic mass is 14.8. The summed E-state index contributed by atoms with van der Waals surface area (Å²) >= 11 is 0. The Morgan fingerprint density at radius 3 is 3.11 bits per heavy atom. The zero-order chi connectivity index (χ0) is 6.53. The largest absolute Gasteiger partial charge is 0.326 e. The predicted octanol–water partition coefficient (Wildman–Crippen LogP) is 1.24. The van der Waals surface area contributed by atoms with Crippen LogP contribution in [0.5, 0.6) is 0 Å². The second-order valence-electron chi connectivity index (χ2n) is 1.81. The van der Waals surface area contributed by atoms with Crippen molar-refractivity contribution in [3.8, 4) is 0 Å². The summed E-state index contributed by atoms with van der Waals surface area (Å²) in [6.07, 6.45) is 6.33. The van der Waals surface area contributed by atoms with Crippen LogP contribution >= 0.6 is 0 Å². The van der Waals surface area contributed by atoms with Gasteiger partial charge < -0.3 is 6.42 Å². The van der Waals surface area contributed by atoms with E-state index < -0.39 is 0 Å². The summed E-state index contributed by atoms with van der Waals surface area (Å²) in [5.41, 5.74) is 1.08. The Bertz CT molecular complexity index is 160. The summed E-state index contributed by atoms with van der Waals surface area (Å²) in [7, 11) is 0. The van der Waals surface area contributed by atoms with Gasteiger partial charge in [0.1, 0.15) is 6.33 Å². The fourth-order valence-corrected chi connectivity index (χ4v) is 0.648. The first-order valence-electron chi connectivity index (χ1n) is 2.96. The molecule has 1 aromatic heterocycles. The Hall–Kier alpha value is -0.920. The number of rotatable bonds is 2. The minimum atomic E-state index is 0.933. The first-order valence-corrected chi connectivity index (χ1v) is 2.96. The van der Waals surface area contributed by atoms with Crippen LogP contribution in [0.25, 0.3) is 0 Å². The fraction of sp³-hybridized carbons (Fsp3) is 0.286. The van der Waals surface area contributed by atoms with Gasteiger partial charge in [0, 0.05) is 11.9 Å². The lowest BCUT2D eigenvalue weighted by Gasteiger charge is -2.00. The Balaban J connectivity index is 2.61. The van der Waals surface area contributed by atoms with Gasteiger partial charge in [0.25, 0.3) is 0 Å². The second-order valence-corrected chi connectivity index (χ2v) is 1.81. The van der Waals surface area contributed by atoms with Gasteiger partial charge in [-0.1, -0.05) is 0 Å². The molecule has 0 bridgehead atoms. The van der Waals surface area contributed by atoms with Crippen LogP contribution in [0.2, 0.25) is 0 Å². The standard InChI is InChI=1S/C7H9N2/c1-2-3-7-4-5-8-6-9-7/h2,4-6H,3H2,1H3/q-1. The number of hydrogen-bond donors (Lipinski definition) is 0. The molecule has 0 aliphatic heterocycles. The summed E-state index contributed by atoms with van der Waals surface area (Å²) in [6, 6.07) is 1.92. The molecule has 0 amide bonds. The van der Waals surface area contributed by atoms with Gasteiger partial charge >= 0.3 is 0 Å². The van der Waals surface area contributed by atoms with E-state index in [9.17, 15) is 0 Å². The van der Waals surface area contributed by atoms with Crippen LogP contribution in [0.1, 0.15) is 12.6 Å². The molecular weight excluding hydrogens is 112 g/mol. The smallest absolute Gasteiger partial charge is 0.115 e. The molecule has 9 heavy (non-hydrogen) atoms. The van der Waals surface area contributed by atoms with E-state index in [4.69, 9.17) is 0 Å². The number of hydrogen-bond acceptors (Lipinski definition) is 2. The minimum absolute atomic E-state index is 0.933. The van der Waals surface area contributed by atoms with Gasteiger partial charge in [-0.05, 0) is 6.07 Å². The Morgan fingerprint density at radius 2 is 2.56 bits per heavy atom. The zero-order valence-corrected chi connectivity index (χ0v) is 5.41. The second kappa shape index (κ2) is 3.17. The maximum atomic E-state index is 4.03. The lowest BCUT2D eigenvalue weighted by Crippen LogP contribution is -1.87. The van der Waals surface area contributed by atoms with E-state index in [1.54, 1.807) is 12.5 Å². The molecule has 0 saturated carbocycles. The predicted molar refractivity (Wildman–Crippen MR) is 35.7 cm³/mol. The minimum Gasteiger partial charge on any atom is -0.326 e. The van der Waals surface area contributed by atoms with E-state index in [0.717, 1.165) is 12.1 Å². The van der Waals surface area contributed by atoms with E-state index in [-0.39, 0.29) is 0 Å². The summed E-state index contributed by atoms with van der Waals surface area (Å²) in [6.45, 7) is 2.02. The molecule has 0 N–H and O–H groups in total. The van der Waals surface area contributed by atoms with Crippen LogP contribution in [-0.2, 0) is 6.42 Å². The van der Waals surface area contributed by atoms with Crippen molar-refractivity contribution >= 4 is 0 Å². The quantitative estimate of drug-likeness (QED) is 0.550. The Morgan fingerprint density at radius 1 is 1.67 bits per heavy atom. The highest BCUT2D eigenvalue weighted by Gasteiger charge is 1.80. The van der Waals surface area contributed by atoms with E-state index in [1.165, 1.54) is 0 Å². The molecule has 1 heterocycles. The van der Waals surface area contributed by atoms with Crippen LogP contribution in [0.3, 0.4) is 0 Å². The third-order valence-electron chi connectivity index (χ3n) is 1.06. The average Bonchev–Trinajstić information content (AvgIpc) is 1.91. The van der Waals surface area contributed by atoms with Crippen LogP contribution in [0, 0.1) is 6.42 Å². The van der Waals surface area contributed by atoms with Crippen LogP contribution < -0.4 is 0 Å². The molecule has 0 aromatic carbocycles. The first-order chi connectivity index (χ1) is 4.43. The normalized spacial score (nSPS) is 9.44. The van der Waals surface area contributed by atoms with Crippen molar-refractivity contribution in [2.75, 3.05) is 0 Å². The van der Waals surface area contributed by atoms with Crippen LogP contribution in [-0.4, -0.2) is 9.97 Å². The van der Waals surface area contributed by atoms with Gasteiger partial charge in [-0.2, -0.15) is 6.92 Å². The van der Waals surface area contributed by atoms with Crippen LogP contribution in [0.4, 0.5) is 0 Å². The molecule has 1 rings (SSSR count). The van der Waals surface area contributed by atoms with E-state index in [1.807, 2.05) is 13.0 Å². The third kappa shape index (κ3) is 1.80. The first kappa shape index (κ1) is 6.20. The maximum Gasteiger partial charge on any atom is 0.115 e. The van der Waals surface area contributed by atoms with E-state index >= 15 is 0 Å². The Labute approximate surface area is 55.0 Å². The molecule has 2 heteroatoms. The van der Waals surface area contributed by atoms with E-state index in [0.29, 0.717) is 0 Å². The molecule has 1 aromatic rings. The molecule has 0 spiro atoms. The van der Waals surface area contributed by atoms with Crippen molar-refractivity contribution in [2.24, 2.45) is 0 Å². The monoisotopic (exact) mass is 121 g/mol. The third-order valence-corrected chi connectivity index (χ3v) is 1.06. The summed E-state index contributed by atoms with van der Waals surface area (Å²) in [4.78, 5) is 7.83. The van der Waals surface area contributed by atoms with Crippen molar-refractivity contribution in [3.05, 3.63) is 30.7 Å². The molecule has 0 aliphatic carbocycles. The average molecular weight is 121 g/mol. The number of nitrogens with zero attached hydrogens (tertiary/aromatic N) is 2. The highest BCUT2D eigenvalue weighted by Crippen LogP contribution is 1.93. The zero-order valence-electron chi connectivity index (χ0n) is 5.41. The van der Waals surface area contributed by atoms with Crippen molar-refractivity contribution in [1.29, 1.82) is 0 Å². The van der Waals surface area contributed by atoms with Gasteiger partial charge in [-0.3, -0.25) is 0 Å². The number of aromatic nitrogens is 2. The molecule has 48 valence electrons. The molecule has 0 fully saturated rings. The molecular formula is C7H9N2-.